The van der Waals surface area contributed by atoms with Crippen LogP contribution in [0.5, 0.6) is 5.75 Å². The maximum atomic E-state index is 12.9. The van der Waals surface area contributed by atoms with Gasteiger partial charge in [0.15, 0.2) is 0 Å². The van der Waals surface area contributed by atoms with Gasteiger partial charge in [0.2, 0.25) is 11.7 Å². The Bertz CT molecular complexity index is 1250. The van der Waals surface area contributed by atoms with E-state index in [0.717, 1.165) is 34.4 Å². The maximum absolute atomic E-state index is 12.9. The number of aryl methyl sites for hydroxylation is 1. The summed E-state index contributed by atoms with van der Waals surface area (Å²) in [4.78, 5) is 19.5. The number of amides is 1. The second-order valence-electron chi connectivity index (χ2n) is 10.4. The van der Waals surface area contributed by atoms with Crippen LogP contribution in [0.1, 0.15) is 56.8 Å². The summed E-state index contributed by atoms with van der Waals surface area (Å²) >= 11 is 0. The minimum absolute atomic E-state index is 0.0143. The van der Waals surface area contributed by atoms with Crippen LogP contribution in [-0.4, -0.2) is 44.8 Å². The third-order valence-corrected chi connectivity index (χ3v) is 7.23. The average Bonchev–Trinajstić information content (AvgIpc) is 3.50. The topological polar surface area (TPSA) is 88.7 Å². The first-order valence-electron chi connectivity index (χ1n) is 12.4. The van der Waals surface area contributed by atoms with Gasteiger partial charge in [-0.2, -0.15) is 4.98 Å². The summed E-state index contributed by atoms with van der Waals surface area (Å²) in [7, 11) is 0. The highest BCUT2D eigenvalue weighted by atomic mass is 16.5. The molecule has 7 heteroatoms. The molecule has 5 rings (SSSR count). The molecule has 1 aromatic heterocycles. The monoisotopic (exact) mass is 475 g/mol. The van der Waals surface area contributed by atoms with Crippen molar-refractivity contribution in [2.75, 3.05) is 6.61 Å². The van der Waals surface area contributed by atoms with Crippen molar-refractivity contribution in [3.8, 4) is 28.6 Å². The molecule has 1 aliphatic heterocycles. The molecule has 0 spiro atoms. The summed E-state index contributed by atoms with van der Waals surface area (Å²) in [6, 6.07) is 11.8. The van der Waals surface area contributed by atoms with E-state index in [9.17, 15) is 9.90 Å². The quantitative estimate of drug-likeness (QED) is 0.519. The molecule has 1 amide bonds. The summed E-state index contributed by atoms with van der Waals surface area (Å²) in [6.45, 7) is 10.1. The number of carbonyl (C=O) groups is 1. The number of benzene rings is 2. The van der Waals surface area contributed by atoms with Gasteiger partial charge >= 0.3 is 0 Å². The minimum Gasteiger partial charge on any atom is -0.491 e. The zero-order valence-corrected chi connectivity index (χ0v) is 21.0. The van der Waals surface area contributed by atoms with Crippen molar-refractivity contribution in [3.63, 3.8) is 0 Å². The van der Waals surface area contributed by atoms with Crippen LogP contribution in [-0.2, 0) is 11.2 Å². The highest BCUT2D eigenvalue weighted by Gasteiger charge is 2.49. The van der Waals surface area contributed by atoms with Crippen molar-refractivity contribution in [2.45, 2.75) is 65.6 Å². The van der Waals surface area contributed by atoms with E-state index in [1.165, 1.54) is 5.56 Å². The number of aliphatic hydroxyl groups excluding tert-OH is 1. The molecule has 3 atom stereocenters. The molecule has 1 fully saturated rings. The van der Waals surface area contributed by atoms with Crippen LogP contribution < -0.4 is 4.74 Å². The van der Waals surface area contributed by atoms with Gasteiger partial charge in [0.1, 0.15) is 5.75 Å². The predicted octanol–water partition coefficient (Wildman–Crippen LogP) is 4.96. The standard InChI is InChI=1S/C28H33N3O4/c1-15(2)23(14-32)31-25(33)13-19-12-22-20(26(19)31)7-6-8-21(22)27-29-28(35-30-27)18-9-10-24(17(5)11-18)34-16(3)4/h6-11,15-16,19,23,26,32H,12-14H2,1-5H3/t19?,23-,26?/m0/s1. The Morgan fingerprint density at radius 1 is 1.17 bits per heavy atom. The number of nitrogens with zero attached hydrogens (tertiary/aromatic N) is 3. The van der Waals surface area contributed by atoms with E-state index in [0.29, 0.717) is 18.1 Å². The van der Waals surface area contributed by atoms with E-state index in [4.69, 9.17) is 14.2 Å². The van der Waals surface area contributed by atoms with E-state index >= 15 is 0 Å². The van der Waals surface area contributed by atoms with E-state index in [1.807, 2.05) is 56.0 Å². The second-order valence-corrected chi connectivity index (χ2v) is 10.4. The fourth-order valence-electron chi connectivity index (χ4n) is 5.62. The Balaban J connectivity index is 1.47. The summed E-state index contributed by atoms with van der Waals surface area (Å²) in [5, 5.41) is 14.3. The summed E-state index contributed by atoms with van der Waals surface area (Å²) in [5.41, 5.74) is 5.11. The van der Waals surface area contributed by atoms with Crippen molar-refractivity contribution in [3.05, 3.63) is 53.1 Å². The number of hydrogen-bond donors (Lipinski definition) is 1. The number of aromatic nitrogens is 2. The van der Waals surface area contributed by atoms with Crippen molar-refractivity contribution >= 4 is 5.91 Å². The molecule has 35 heavy (non-hydrogen) atoms. The SMILES string of the molecule is Cc1cc(-c2nc(-c3cccc4c3CC3CC(=O)N([C@@H](CO)C(C)C)C43)no2)ccc1OC(C)C. The molecule has 2 aliphatic rings. The molecule has 184 valence electrons. The van der Waals surface area contributed by atoms with E-state index in [-0.39, 0.29) is 42.5 Å². The molecule has 2 aromatic carbocycles. The van der Waals surface area contributed by atoms with Gasteiger partial charge in [0.25, 0.3) is 5.89 Å². The van der Waals surface area contributed by atoms with Gasteiger partial charge in [-0.05, 0) is 73.9 Å². The van der Waals surface area contributed by atoms with Crippen molar-refractivity contribution in [1.82, 2.24) is 15.0 Å². The number of fused-ring (bicyclic) bond motifs is 3. The van der Waals surface area contributed by atoms with Gasteiger partial charge in [0.05, 0.1) is 24.8 Å². The van der Waals surface area contributed by atoms with Crippen molar-refractivity contribution in [2.24, 2.45) is 11.8 Å². The lowest BCUT2D eigenvalue weighted by Crippen LogP contribution is -2.43. The summed E-state index contributed by atoms with van der Waals surface area (Å²) in [6.07, 6.45) is 1.40. The van der Waals surface area contributed by atoms with Gasteiger partial charge in [-0.15, -0.1) is 0 Å². The Morgan fingerprint density at radius 3 is 2.66 bits per heavy atom. The second kappa shape index (κ2) is 9.11. The summed E-state index contributed by atoms with van der Waals surface area (Å²) in [5.74, 6) is 2.37. The zero-order chi connectivity index (χ0) is 24.9. The zero-order valence-electron chi connectivity index (χ0n) is 21.0. The molecule has 1 N–H and O–H groups in total. The van der Waals surface area contributed by atoms with E-state index in [1.54, 1.807) is 0 Å². The van der Waals surface area contributed by atoms with Gasteiger partial charge < -0.3 is 19.3 Å². The molecule has 1 saturated heterocycles. The Labute approximate surface area is 206 Å². The van der Waals surface area contributed by atoms with Gasteiger partial charge in [-0.3, -0.25) is 4.79 Å². The van der Waals surface area contributed by atoms with Crippen LogP contribution in [0.15, 0.2) is 40.9 Å². The Kier molecular flexibility index (Phi) is 6.13. The number of aliphatic hydroxyl groups is 1. The lowest BCUT2D eigenvalue weighted by atomic mass is 9.97. The van der Waals surface area contributed by atoms with Crippen LogP contribution in [0.4, 0.5) is 0 Å². The first-order valence-corrected chi connectivity index (χ1v) is 12.4. The normalized spacial score (nSPS) is 20.0. The molecular weight excluding hydrogens is 442 g/mol. The Hall–Kier alpha value is -3.19. The minimum atomic E-state index is -0.185. The van der Waals surface area contributed by atoms with Crippen molar-refractivity contribution in [1.29, 1.82) is 0 Å². The third-order valence-electron chi connectivity index (χ3n) is 7.23. The molecular formula is C28H33N3O4. The molecule has 1 aliphatic carbocycles. The molecule has 0 saturated carbocycles. The van der Waals surface area contributed by atoms with E-state index in [2.05, 4.69) is 25.1 Å². The largest absolute Gasteiger partial charge is 0.491 e. The fraction of sp³-hybridized carbons (Fsp3) is 0.464. The van der Waals surface area contributed by atoms with Crippen molar-refractivity contribution < 1.29 is 19.2 Å². The number of likely N-dealkylation sites (tertiary alicyclic amines) is 1. The van der Waals surface area contributed by atoms with Gasteiger partial charge in [-0.1, -0.05) is 37.2 Å². The third kappa shape index (κ3) is 4.12. The lowest BCUT2D eigenvalue weighted by molar-refractivity contribution is -0.133. The molecule has 0 radical (unpaired) electrons. The van der Waals surface area contributed by atoms with Crippen LogP contribution in [0.2, 0.25) is 0 Å². The van der Waals surface area contributed by atoms with E-state index < -0.39 is 0 Å². The molecule has 2 heterocycles. The molecule has 3 aromatic rings. The maximum Gasteiger partial charge on any atom is 0.258 e. The molecule has 0 bridgehead atoms. The number of hydrogen-bond acceptors (Lipinski definition) is 6. The van der Waals surface area contributed by atoms with Gasteiger partial charge in [0, 0.05) is 17.5 Å². The number of carbonyl (C=O) groups excluding carboxylic acids is 1. The smallest absolute Gasteiger partial charge is 0.258 e. The van der Waals surface area contributed by atoms with Crippen LogP contribution >= 0.6 is 0 Å². The average molecular weight is 476 g/mol. The van der Waals surface area contributed by atoms with Gasteiger partial charge in [-0.25, -0.2) is 0 Å². The lowest BCUT2D eigenvalue weighted by Gasteiger charge is -2.35. The van der Waals surface area contributed by atoms with Crippen LogP contribution in [0.25, 0.3) is 22.8 Å². The number of rotatable bonds is 7. The Morgan fingerprint density at radius 2 is 1.97 bits per heavy atom. The van der Waals surface area contributed by atoms with Crippen LogP contribution in [0.3, 0.4) is 0 Å². The molecule has 7 nitrogen and oxygen atoms in total. The highest BCUT2D eigenvalue weighted by Crippen LogP contribution is 2.50. The van der Waals surface area contributed by atoms with Crippen LogP contribution in [0, 0.1) is 18.8 Å². The number of ether oxygens (including phenoxy) is 1. The highest BCUT2D eigenvalue weighted by molar-refractivity contribution is 5.82. The fourth-order valence-corrected chi connectivity index (χ4v) is 5.62. The first-order chi connectivity index (χ1) is 16.8. The predicted molar refractivity (Wildman–Crippen MR) is 133 cm³/mol. The first kappa shape index (κ1) is 23.5. The summed E-state index contributed by atoms with van der Waals surface area (Å²) < 4.78 is 11.5. The molecule has 2 unspecified atom stereocenters.